The van der Waals surface area contributed by atoms with Crippen LogP contribution in [0.4, 0.5) is 0 Å². The Balaban J connectivity index is 2.29. The lowest BCUT2D eigenvalue weighted by Gasteiger charge is -2.26. The van der Waals surface area contributed by atoms with Crippen molar-refractivity contribution in [2.24, 2.45) is 0 Å². The molecule has 1 aliphatic rings. The Morgan fingerprint density at radius 3 is 2.70 bits per heavy atom. The molecule has 0 bridgehead atoms. The molecule has 1 aliphatic heterocycles. The molecular weight excluding hydrogens is 344 g/mol. The van der Waals surface area contributed by atoms with E-state index in [4.69, 9.17) is 4.74 Å². The van der Waals surface area contributed by atoms with E-state index in [1.807, 2.05) is 13.0 Å². The van der Waals surface area contributed by atoms with Crippen molar-refractivity contribution in [3.63, 3.8) is 0 Å². The third kappa shape index (κ3) is 3.59. The van der Waals surface area contributed by atoms with Gasteiger partial charge in [-0.15, -0.1) is 0 Å². The number of sulfonamides is 1. The van der Waals surface area contributed by atoms with Gasteiger partial charge >= 0.3 is 0 Å². The first-order valence-corrected chi connectivity index (χ1v) is 8.86. The fourth-order valence-electron chi connectivity index (χ4n) is 2.05. The Bertz CT molecular complexity index is 557. The summed E-state index contributed by atoms with van der Waals surface area (Å²) in [5.74, 6) is 0. The first-order valence-electron chi connectivity index (χ1n) is 6.62. The number of halogens is 1. The molecule has 1 aromatic carbocycles. The van der Waals surface area contributed by atoms with Gasteiger partial charge in [-0.3, -0.25) is 0 Å². The lowest BCUT2D eigenvalue weighted by Crippen LogP contribution is -2.40. The highest BCUT2D eigenvalue weighted by Crippen LogP contribution is 2.26. The van der Waals surface area contributed by atoms with E-state index < -0.39 is 10.0 Å². The number of nitrogens with zero attached hydrogens (tertiary/aromatic N) is 1. The van der Waals surface area contributed by atoms with Gasteiger partial charge in [0, 0.05) is 24.1 Å². The highest BCUT2D eigenvalue weighted by molar-refractivity contribution is 9.10. The molecule has 1 saturated heterocycles. The van der Waals surface area contributed by atoms with Gasteiger partial charge in [0.1, 0.15) is 0 Å². The standard InChI is InChI=1S/C13H19BrN2O3S/c1-2-15-10-11-3-4-12(14)13(9-11)20(17,18)16-5-7-19-8-6-16/h3-4,9,15H,2,5-8,10H2,1H3. The topological polar surface area (TPSA) is 58.6 Å². The van der Waals surface area contributed by atoms with E-state index in [1.165, 1.54) is 4.31 Å². The minimum Gasteiger partial charge on any atom is -0.379 e. The van der Waals surface area contributed by atoms with E-state index in [2.05, 4.69) is 21.2 Å². The lowest BCUT2D eigenvalue weighted by atomic mass is 10.2. The zero-order chi connectivity index (χ0) is 14.6. The van der Waals surface area contributed by atoms with Crippen LogP contribution >= 0.6 is 15.9 Å². The summed E-state index contributed by atoms with van der Waals surface area (Å²) in [4.78, 5) is 0.329. The number of rotatable bonds is 5. The van der Waals surface area contributed by atoms with Crippen LogP contribution in [0.3, 0.4) is 0 Å². The minimum atomic E-state index is -3.46. The van der Waals surface area contributed by atoms with Crippen molar-refractivity contribution in [2.75, 3.05) is 32.8 Å². The van der Waals surface area contributed by atoms with Crippen LogP contribution in [0.15, 0.2) is 27.6 Å². The predicted octanol–water partition coefficient (Wildman–Crippen LogP) is 1.58. The van der Waals surface area contributed by atoms with Crippen molar-refractivity contribution in [1.82, 2.24) is 9.62 Å². The fraction of sp³-hybridized carbons (Fsp3) is 0.538. The first-order chi connectivity index (χ1) is 9.55. The summed E-state index contributed by atoms with van der Waals surface area (Å²) in [5, 5.41) is 3.20. The molecule has 0 atom stereocenters. The van der Waals surface area contributed by atoms with E-state index in [1.54, 1.807) is 12.1 Å². The number of nitrogens with one attached hydrogen (secondary N) is 1. The minimum absolute atomic E-state index is 0.329. The normalized spacial score (nSPS) is 17.3. The summed E-state index contributed by atoms with van der Waals surface area (Å²) in [6.07, 6.45) is 0. The summed E-state index contributed by atoms with van der Waals surface area (Å²) >= 11 is 3.34. The molecule has 0 amide bonds. The highest BCUT2D eigenvalue weighted by atomic mass is 79.9. The Morgan fingerprint density at radius 1 is 1.35 bits per heavy atom. The Kier molecular flexibility index (Phi) is 5.57. The largest absolute Gasteiger partial charge is 0.379 e. The number of benzene rings is 1. The maximum atomic E-state index is 12.7. The van der Waals surface area contributed by atoms with Crippen molar-refractivity contribution in [2.45, 2.75) is 18.4 Å². The number of ether oxygens (including phenoxy) is 1. The van der Waals surface area contributed by atoms with Crippen molar-refractivity contribution in [3.8, 4) is 0 Å². The van der Waals surface area contributed by atoms with Crippen molar-refractivity contribution in [1.29, 1.82) is 0 Å². The third-order valence-electron chi connectivity index (χ3n) is 3.16. The molecular formula is C13H19BrN2O3S. The molecule has 0 spiro atoms. The van der Waals surface area contributed by atoms with Crippen molar-refractivity contribution in [3.05, 3.63) is 28.2 Å². The van der Waals surface area contributed by atoms with Crippen LogP contribution in [0, 0.1) is 0 Å². The van der Waals surface area contributed by atoms with Gasteiger partial charge in [0.15, 0.2) is 0 Å². The molecule has 1 N–H and O–H groups in total. The van der Waals surface area contributed by atoms with Gasteiger partial charge in [-0.05, 0) is 40.2 Å². The molecule has 0 aliphatic carbocycles. The van der Waals surface area contributed by atoms with E-state index in [0.717, 1.165) is 12.1 Å². The first kappa shape index (κ1) is 15.9. The number of hydrogen-bond donors (Lipinski definition) is 1. The van der Waals surface area contributed by atoms with Crippen LogP contribution in [0.2, 0.25) is 0 Å². The van der Waals surface area contributed by atoms with E-state index in [0.29, 0.717) is 42.2 Å². The molecule has 0 saturated carbocycles. The zero-order valence-electron chi connectivity index (χ0n) is 11.4. The van der Waals surface area contributed by atoms with Crippen LogP contribution in [0.1, 0.15) is 12.5 Å². The number of hydrogen-bond acceptors (Lipinski definition) is 4. The molecule has 20 heavy (non-hydrogen) atoms. The monoisotopic (exact) mass is 362 g/mol. The van der Waals surface area contributed by atoms with Gasteiger partial charge in [0.05, 0.1) is 18.1 Å². The smallest absolute Gasteiger partial charge is 0.244 e. The quantitative estimate of drug-likeness (QED) is 0.863. The second-order valence-electron chi connectivity index (χ2n) is 4.56. The molecule has 0 unspecified atom stereocenters. The summed E-state index contributed by atoms with van der Waals surface area (Å²) in [7, 11) is -3.46. The molecule has 0 radical (unpaired) electrons. The lowest BCUT2D eigenvalue weighted by molar-refractivity contribution is 0.0730. The molecule has 1 fully saturated rings. The predicted molar refractivity (Wildman–Crippen MR) is 81.1 cm³/mol. The molecule has 0 aromatic heterocycles. The van der Waals surface area contributed by atoms with Crippen LogP contribution in [-0.2, 0) is 21.3 Å². The summed E-state index contributed by atoms with van der Waals surface area (Å²) < 4.78 is 32.6. The summed E-state index contributed by atoms with van der Waals surface area (Å²) in [6.45, 7) is 5.25. The maximum Gasteiger partial charge on any atom is 0.244 e. The molecule has 1 heterocycles. The molecule has 5 nitrogen and oxygen atoms in total. The van der Waals surface area contributed by atoms with Crippen LogP contribution in [0.25, 0.3) is 0 Å². The van der Waals surface area contributed by atoms with Gasteiger partial charge in [-0.1, -0.05) is 13.0 Å². The van der Waals surface area contributed by atoms with Gasteiger partial charge in [0.25, 0.3) is 0 Å². The fourth-order valence-corrected chi connectivity index (χ4v) is 4.43. The summed E-state index contributed by atoms with van der Waals surface area (Å²) in [5.41, 5.74) is 0.960. The number of morpholine rings is 1. The van der Waals surface area contributed by atoms with Crippen molar-refractivity contribution < 1.29 is 13.2 Å². The van der Waals surface area contributed by atoms with E-state index in [9.17, 15) is 8.42 Å². The Morgan fingerprint density at radius 2 is 2.05 bits per heavy atom. The second-order valence-corrected chi connectivity index (χ2v) is 7.32. The molecule has 2 rings (SSSR count). The van der Waals surface area contributed by atoms with Gasteiger partial charge in [-0.2, -0.15) is 4.31 Å². The average Bonchev–Trinajstić information content (AvgIpc) is 2.47. The Labute approximate surface area is 128 Å². The SMILES string of the molecule is CCNCc1ccc(Br)c(S(=O)(=O)N2CCOCC2)c1. The second kappa shape index (κ2) is 7.00. The maximum absolute atomic E-state index is 12.7. The highest BCUT2D eigenvalue weighted by Gasteiger charge is 2.28. The molecule has 112 valence electrons. The van der Waals surface area contributed by atoms with Crippen LogP contribution in [-0.4, -0.2) is 45.6 Å². The molecule has 7 heteroatoms. The van der Waals surface area contributed by atoms with Gasteiger partial charge in [0.2, 0.25) is 10.0 Å². The van der Waals surface area contributed by atoms with Gasteiger partial charge in [-0.25, -0.2) is 8.42 Å². The van der Waals surface area contributed by atoms with Crippen LogP contribution < -0.4 is 5.32 Å². The zero-order valence-corrected chi connectivity index (χ0v) is 13.8. The molecule has 1 aromatic rings. The third-order valence-corrected chi connectivity index (χ3v) is 6.06. The Hall–Kier alpha value is -0.470. The average molecular weight is 363 g/mol. The van der Waals surface area contributed by atoms with Gasteiger partial charge < -0.3 is 10.1 Å². The van der Waals surface area contributed by atoms with Crippen molar-refractivity contribution >= 4 is 26.0 Å². The van der Waals surface area contributed by atoms with Crippen LogP contribution in [0.5, 0.6) is 0 Å². The summed E-state index contributed by atoms with van der Waals surface area (Å²) in [6, 6.07) is 5.45. The van der Waals surface area contributed by atoms with E-state index >= 15 is 0 Å². The van der Waals surface area contributed by atoms with E-state index in [-0.39, 0.29) is 0 Å².